The first kappa shape index (κ1) is 12.1. The van der Waals surface area contributed by atoms with E-state index in [0.717, 1.165) is 17.6 Å². The van der Waals surface area contributed by atoms with Crippen LogP contribution in [-0.4, -0.2) is 27.3 Å². The van der Waals surface area contributed by atoms with Gasteiger partial charge in [-0.15, -0.1) is 0 Å². The summed E-state index contributed by atoms with van der Waals surface area (Å²) in [5.41, 5.74) is 10.0. The molecular formula is C13H19N3O. The first-order chi connectivity index (χ1) is 8.11. The number of imidazole rings is 1. The zero-order valence-electron chi connectivity index (χ0n) is 10.3. The van der Waals surface area contributed by atoms with Gasteiger partial charge >= 0.3 is 0 Å². The Kier molecular flexibility index (Phi) is 3.45. The molecule has 2 aromatic rings. The highest BCUT2D eigenvalue weighted by atomic mass is 16.3. The van der Waals surface area contributed by atoms with Crippen molar-refractivity contribution in [3.8, 4) is 0 Å². The molecule has 3 N–H and O–H groups in total. The average Bonchev–Trinajstić information content (AvgIpc) is 2.69. The number of aliphatic hydroxyl groups excluding tert-OH is 1. The third-order valence-corrected chi connectivity index (χ3v) is 3.21. The zero-order chi connectivity index (χ0) is 12.4. The SMILES string of the molecule is Cc1cc2ncn(CCC(O)CN)c2cc1C. The molecule has 0 spiro atoms. The van der Waals surface area contributed by atoms with E-state index in [0.29, 0.717) is 13.0 Å². The van der Waals surface area contributed by atoms with Crippen LogP contribution in [0.5, 0.6) is 0 Å². The molecule has 0 bridgehead atoms. The monoisotopic (exact) mass is 233 g/mol. The van der Waals surface area contributed by atoms with E-state index in [9.17, 15) is 5.11 Å². The van der Waals surface area contributed by atoms with Crippen molar-refractivity contribution in [2.24, 2.45) is 5.73 Å². The molecule has 17 heavy (non-hydrogen) atoms. The summed E-state index contributed by atoms with van der Waals surface area (Å²) in [5.74, 6) is 0. The lowest BCUT2D eigenvalue weighted by molar-refractivity contribution is 0.167. The molecule has 0 aliphatic heterocycles. The maximum Gasteiger partial charge on any atom is 0.0958 e. The third kappa shape index (κ3) is 2.48. The number of aryl methyl sites for hydroxylation is 3. The van der Waals surface area contributed by atoms with Crippen LogP contribution in [0, 0.1) is 13.8 Å². The Labute approximate surface area is 101 Å². The molecule has 0 radical (unpaired) electrons. The van der Waals surface area contributed by atoms with Crippen molar-refractivity contribution in [2.75, 3.05) is 6.54 Å². The molecule has 4 heteroatoms. The normalized spacial score (nSPS) is 13.2. The fraction of sp³-hybridized carbons (Fsp3) is 0.462. The van der Waals surface area contributed by atoms with Crippen LogP contribution in [0.15, 0.2) is 18.5 Å². The van der Waals surface area contributed by atoms with Gasteiger partial charge in [0.05, 0.1) is 23.5 Å². The molecule has 1 heterocycles. The highest BCUT2D eigenvalue weighted by molar-refractivity contribution is 5.77. The molecule has 0 fully saturated rings. The Morgan fingerprint density at radius 2 is 2.06 bits per heavy atom. The highest BCUT2D eigenvalue weighted by Gasteiger charge is 2.07. The molecule has 0 aliphatic carbocycles. The molecule has 0 amide bonds. The minimum atomic E-state index is -0.431. The summed E-state index contributed by atoms with van der Waals surface area (Å²) in [4.78, 5) is 4.37. The van der Waals surface area contributed by atoms with Gasteiger partial charge in [0, 0.05) is 13.1 Å². The van der Waals surface area contributed by atoms with E-state index in [1.54, 1.807) is 0 Å². The quantitative estimate of drug-likeness (QED) is 0.838. The molecule has 4 nitrogen and oxygen atoms in total. The van der Waals surface area contributed by atoms with E-state index in [-0.39, 0.29) is 0 Å². The van der Waals surface area contributed by atoms with Gasteiger partial charge in [-0.2, -0.15) is 0 Å². The predicted octanol–water partition coefficient (Wildman–Crippen LogP) is 1.36. The van der Waals surface area contributed by atoms with E-state index in [4.69, 9.17) is 5.73 Å². The summed E-state index contributed by atoms with van der Waals surface area (Å²) in [5, 5.41) is 9.47. The lowest BCUT2D eigenvalue weighted by Gasteiger charge is -2.09. The number of nitrogens with zero attached hydrogens (tertiary/aromatic N) is 2. The number of nitrogens with two attached hydrogens (primary N) is 1. The molecule has 1 aromatic carbocycles. The summed E-state index contributed by atoms with van der Waals surface area (Å²) in [6.45, 7) is 5.24. The van der Waals surface area contributed by atoms with Gasteiger partial charge in [0.1, 0.15) is 0 Å². The summed E-state index contributed by atoms with van der Waals surface area (Å²) in [7, 11) is 0. The fourth-order valence-corrected chi connectivity index (χ4v) is 1.90. The molecule has 0 saturated carbocycles. The van der Waals surface area contributed by atoms with E-state index < -0.39 is 6.10 Å². The van der Waals surface area contributed by atoms with Gasteiger partial charge in [0.2, 0.25) is 0 Å². The van der Waals surface area contributed by atoms with Crippen LogP contribution >= 0.6 is 0 Å². The largest absolute Gasteiger partial charge is 0.392 e. The van der Waals surface area contributed by atoms with E-state index >= 15 is 0 Å². The van der Waals surface area contributed by atoms with Gasteiger partial charge in [-0.3, -0.25) is 0 Å². The van der Waals surface area contributed by atoms with Crippen LogP contribution in [0.2, 0.25) is 0 Å². The van der Waals surface area contributed by atoms with Gasteiger partial charge in [-0.1, -0.05) is 0 Å². The van der Waals surface area contributed by atoms with Crippen molar-refractivity contribution in [3.05, 3.63) is 29.6 Å². The Morgan fingerprint density at radius 3 is 2.76 bits per heavy atom. The van der Waals surface area contributed by atoms with Crippen molar-refractivity contribution in [1.29, 1.82) is 0 Å². The lowest BCUT2D eigenvalue weighted by atomic mass is 10.1. The topological polar surface area (TPSA) is 64.1 Å². The number of hydrogen-bond acceptors (Lipinski definition) is 3. The van der Waals surface area contributed by atoms with Crippen molar-refractivity contribution < 1.29 is 5.11 Å². The fourth-order valence-electron chi connectivity index (χ4n) is 1.90. The Morgan fingerprint density at radius 1 is 1.35 bits per heavy atom. The smallest absolute Gasteiger partial charge is 0.0958 e. The molecule has 0 aliphatic rings. The van der Waals surface area contributed by atoms with Gasteiger partial charge in [0.25, 0.3) is 0 Å². The van der Waals surface area contributed by atoms with Crippen LogP contribution in [0.3, 0.4) is 0 Å². The lowest BCUT2D eigenvalue weighted by Crippen LogP contribution is -2.21. The minimum Gasteiger partial charge on any atom is -0.392 e. The molecular weight excluding hydrogens is 214 g/mol. The Balaban J connectivity index is 2.26. The molecule has 92 valence electrons. The number of benzene rings is 1. The van der Waals surface area contributed by atoms with Crippen molar-refractivity contribution in [1.82, 2.24) is 9.55 Å². The van der Waals surface area contributed by atoms with Crippen LogP contribution in [0.25, 0.3) is 11.0 Å². The minimum absolute atomic E-state index is 0.310. The Bertz CT molecular complexity index is 519. The molecule has 1 atom stereocenters. The second-order valence-corrected chi connectivity index (χ2v) is 4.54. The van der Waals surface area contributed by atoms with Crippen LogP contribution < -0.4 is 5.73 Å². The number of aromatic nitrogens is 2. The molecule has 1 aromatic heterocycles. The molecule has 1 unspecified atom stereocenters. The van der Waals surface area contributed by atoms with E-state index in [1.807, 2.05) is 6.33 Å². The highest BCUT2D eigenvalue weighted by Crippen LogP contribution is 2.18. The number of rotatable bonds is 4. The molecule has 2 rings (SSSR count). The Hall–Kier alpha value is -1.39. The summed E-state index contributed by atoms with van der Waals surface area (Å²) >= 11 is 0. The summed E-state index contributed by atoms with van der Waals surface area (Å²) in [6.07, 6.45) is 2.06. The van der Waals surface area contributed by atoms with Gasteiger partial charge in [0.15, 0.2) is 0 Å². The van der Waals surface area contributed by atoms with Crippen molar-refractivity contribution in [2.45, 2.75) is 32.9 Å². The van der Waals surface area contributed by atoms with Crippen molar-refractivity contribution >= 4 is 11.0 Å². The van der Waals surface area contributed by atoms with Gasteiger partial charge in [-0.05, 0) is 43.5 Å². The summed E-state index contributed by atoms with van der Waals surface area (Å²) in [6, 6.07) is 4.24. The first-order valence-electron chi connectivity index (χ1n) is 5.92. The van der Waals surface area contributed by atoms with Crippen molar-refractivity contribution in [3.63, 3.8) is 0 Å². The number of aliphatic hydroxyl groups is 1. The zero-order valence-corrected chi connectivity index (χ0v) is 10.3. The maximum atomic E-state index is 9.47. The predicted molar refractivity (Wildman–Crippen MR) is 68.9 cm³/mol. The van der Waals surface area contributed by atoms with E-state index in [2.05, 4.69) is 35.5 Å². The van der Waals surface area contributed by atoms with Crippen LogP contribution in [-0.2, 0) is 6.54 Å². The second-order valence-electron chi connectivity index (χ2n) is 4.54. The van der Waals surface area contributed by atoms with E-state index in [1.165, 1.54) is 11.1 Å². The standard InChI is InChI=1S/C13H19N3O/c1-9-5-12-13(6-10(9)2)16(8-15-12)4-3-11(17)7-14/h5-6,8,11,17H,3-4,7,14H2,1-2H3. The van der Waals surface area contributed by atoms with Gasteiger partial charge in [-0.25, -0.2) is 4.98 Å². The molecule has 0 saturated heterocycles. The van der Waals surface area contributed by atoms with Gasteiger partial charge < -0.3 is 15.4 Å². The number of fused-ring (bicyclic) bond motifs is 1. The summed E-state index contributed by atoms with van der Waals surface area (Å²) < 4.78 is 2.07. The first-order valence-corrected chi connectivity index (χ1v) is 5.92. The third-order valence-electron chi connectivity index (χ3n) is 3.21. The maximum absolute atomic E-state index is 9.47. The van der Waals surface area contributed by atoms with Crippen LogP contribution in [0.1, 0.15) is 17.5 Å². The average molecular weight is 233 g/mol. The second kappa shape index (κ2) is 4.85. The number of hydrogen-bond donors (Lipinski definition) is 2. The van der Waals surface area contributed by atoms with Crippen LogP contribution in [0.4, 0.5) is 0 Å².